The zero-order valence-electron chi connectivity index (χ0n) is 11.9. The molecule has 0 aromatic heterocycles. The molecule has 2 aromatic rings. The van der Waals surface area contributed by atoms with Crippen molar-refractivity contribution in [2.75, 3.05) is 0 Å². The van der Waals surface area contributed by atoms with Gasteiger partial charge in [-0.1, -0.05) is 30.3 Å². The maximum absolute atomic E-state index is 11.8. The molecule has 1 unspecified atom stereocenters. The van der Waals surface area contributed by atoms with Crippen molar-refractivity contribution in [2.45, 2.75) is 13.0 Å². The molecule has 2 rings (SSSR count). The van der Waals surface area contributed by atoms with Gasteiger partial charge < -0.3 is 15.3 Å². The van der Waals surface area contributed by atoms with Crippen LogP contribution in [0.25, 0.3) is 0 Å². The molecule has 114 valence electrons. The molecule has 6 heteroatoms. The Balaban J connectivity index is 2.05. The highest BCUT2D eigenvalue weighted by atomic mass is 16.3. The maximum atomic E-state index is 11.8. The molecule has 2 aromatic carbocycles. The number of benzene rings is 2. The van der Waals surface area contributed by atoms with Gasteiger partial charge in [-0.3, -0.25) is 4.79 Å². The van der Waals surface area contributed by atoms with Crippen LogP contribution in [0.5, 0.6) is 11.5 Å². The zero-order chi connectivity index (χ0) is 16.1. The topological polar surface area (TPSA) is 102 Å². The Morgan fingerprint density at radius 1 is 1.23 bits per heavy atom. The highest BCUT2D eigenvalue weighted by Gasteiger charge is 2.16. The van der Waals surface area contributed by atoms with Crippen LogP contribution in [0.4, 0.5) is 0 Å². The molecule has 0 heterocycles. The molecule has 1 atom stereocenters. The van der Waals surface area contributed by atoms with Crippen molar-refractivity contribution >= 4 is 12.1 Å². The summed E-state index contributed by atoms with van der Waals surface area (Å²) in [7, 11) is 0. The van der Waals surface area contributed by atoms with Gasteiger partial charge in [0.15, 0.2) is 6.10 Å². The number of nitrogens with zero attached hydrogens (tertiary/aromatic N) is 1. The molecule has 1 amide bonds. The van der Waals surface area contributed by atoms with Crippen LogP contribution < -0.4 is 5.43 Å². The van der Waals surface area contributed by atoms with Crippen LogP contribution in [-0.2, 0) is 4.79 Å². The van der Waals surface area contributed by atoms with Gasteiger partial charge in [-0.2, -0.15) is 5.10 Å². The molecule has 0 fully saturated rings. The predicted octanol–water partition coefficient (Wildman–Crippen LogP) is 1.59. The Bertz CT molecular complexity index is 676. The third-order valence-corrected chi connectivity index (χ3v) is 3.08. The number of aryl methyl sites for hydroxylation is 1. The maximum Gasteiger partial charge on any atom is 0.273 e. The van der Waals surface area contributed by atoms with Crippen molar-refractivity contribution in [3.05, 3.63) is 59.2 Å². The summed E-state index contributed by atoms with van der Waals surface area (Å²) in [5.41, 5.74) is 3.63. The first-order chi connectivity index (χ1) is 10.5. The summed E-state index contributed by atoms with van der Waals surface area (Å²) in [6, 6.07) is 11.1. The number of hydrazone groups is 1. The van der Waals surface area contributed by atoms with Crippen molar-refractivity contribution in [1.82, 2.24) is 5.43 Å². The zero-order valence-corrected chi connectivity index (χ0v) is 11.9. The second-order valence-electron chi connectivity index (χ2n) is 4.74. The van der Waals surface area contributed by atoms with Crippen molar-refractivity contribution in [2.24, 2.45) is 5.10 Å². The van der Waals surface area contributed by atoms with Gasteiger partial charge >= 0.3 is 0 Å². The number of phenols is 2. The molecule has 0 spiro atoms. The van der Waals surface area contributed by atoms with E-state index in [0.29, 0.717) is 16.7 Å². The van der Waals surface area contributed by atoms with Gasteiger partial charge in [-0.25, -0.2) is 5.43 Å². The number of amides is 1. The summed E-state index contributed by atoms with van der Waals surface area (Å²) >= 11 is 0. The van der Waals surface area contributed by atoms with Crippen LogP contribution in [0.3, 0.4) is 0 Å². The first-order valence-electron chi connectivity index (χ1n) is 6.57. The van der Waals surface area contributed by atoms with E-state index < -0.39 is 12.0 Å². The number of phenolic OH excluding ortho intramolecular Hbond substituents is 2. The Morgan fingerprint density at radius 3 is 2.55 bits per heavy atom. The highest BCUT2D eigenvalue weighted by molar-refractivity contribution is 5.88. The number of hydrogen-bond acceptors (Lipinski definition) is 5. The van der Waals surface area contributed by atoms with Crippen LogP contribution in [0.2, 0.25) is 0 Å². The van der Waals surface area contributed by atoms with Crippen LogP contribution in [0.15, 0.2) is 47.6 Å². The average molecular weight is 300 g/mol. The lowest BCUT2D eigenvalue weighted by Crippen LogP contribution is -2.25. The number of carbonyl (C=O) groups excluding carboxylic acids is 1. The van der Waals surface area contributed by atoms with E-state index in [1.165, 1.54) is 18.3 Å². The Labute approximate surface area is 127 Å². The first kappa shape index (κ1) is 15.5. The van der Waals surface area contributed by atoms with E-state index in [2.05, 4.69) is 10.5 Å². The van der Waals surface area contributed by atoms with Gasteiger partial charge in [0.2, 0.25) is 0 Å². The monoisotopic (exact) mass is 300 g/mol. The Kier molecular flexibility index (Phi) is 4.75. The number of aromatic hydroxyl groups is 2. The molecule has 0 bridgehead atoms. The van der Waals surface area contributed by atoms with Gasteiger partial charge in [0.25, 0.3) is 5.91 Å². The van der Waals surface area contributed by atoms with E-state index in [-0.39, 0.29) is 11.5 Å². The number of hydrogen-bond donors (Lipinski definition) is 4. The quantitative estimate of drug-likeness (QED) is 0.508. The molecule has 4 N–H and O–H groups in total. The van der Waals surface area contributed by atoms with Crippen molar-refractivity contribution < 1.29 is 20.1 Å². The second kappa shape index (κ2) is 6.73. The minimum atomic E-state index is -1.33. The fourth-order valence-corrected chi connectivity index (χ4v) is 1.94. The van der Waals surface area contributed by atoms with Crippen molar-refractivity contribution in [3.63, 3.8) is 0 Å². The average Bonchev–Trinajstić information content (AvgIpc) is 2.49. The Morgan fingerprint density at radius 2 is 1.91 bits per heavy atom. The fraction of sp³-hybridized carbons (Fsp3) is 0.125. The van der Waals surface area contributed by atoms with Gasteiger partial charge in [0.1, 0.15) is 11.5 Å². The van der Waals surface area contributed by atoms with E-state index in [0.717, 1.165) is 0 Å². The molecule has 0 aliphatic carbocycles. The van der Waals surface area contributed by atoms with Gasteiger partial charge in [0.05, 0.1) is 6.21 Å². The van der Waals surface area contributed by atoms with E-state index >= 15 is 0 Å². The summed E-state index contributed by atoms with van der Waals surface area (Å²) in [5.74, 6) is -0.895. The summed E-state index contributed by atoms with van der Waals surface area (Å²) < 4.78 is 0. The molecule has 0 radical (unpaired) electrons. The number of carbonyl (C=O) groups is 1. The minimum absolute atomic E-state index is 0.0596. The van der Waals surface area contributed by atoms with Crippen LogP contribution >= 0.6 is 0 Å². The number of rotatable bonds is 4. The lowest BCUT2D eigenvalue weighted by molar-refractivity contribution is -0.129. The summed E-state index contributed by atoms with van der Waals surface area (Å²) in [5, 5.41) is 32.6. The van der Waals surface area contributed by atoms with E-state index in [9.17, 15) is 20.1 Å². The molecule has 0 saturated heterocycles. The van der Waals surface area contributed by atoms with Crippen molar-refractivity contribution in [1.29, 1.82) is 0 Å². The highest BCUT2D eigenvalue weighted by Crippen LogP contribution is 2.25. The van der Waals surface area contributed by atoms with Crippen molar-refractivity contribution in [3.8, 4) is 11.5 Å². The fourth-order valence-electron chi connectivity index (χ4n) is 1.94. The van der Waals surface area contributed by atoms with Gasteiger partial charge in [-0.15, -0.1) is 0 Å². The molecule has 0 aliphatic heterocycles. The molecule has 22 heavy (non-hydrogen) atoms. The van der Waals surface area contributed by atoms with Gasteiger partial charge in [0, 0.05) is 11.6 Å². The Hall–Kier alpha value is -2.86. The minimum Gasteiger partial charge on any atom is -0.508 e. The number of aliphatic hydroxyl groups is 1. The van der Waals surface area contributed by atoms with Crippen LogP contribution in [0.1, 0.15) is 22.8 Å². The molecule has 0 aliphatic rings. The van der Waals surface area contributed by atoms with Crippen LogP contribution in [-0.4, -0.2) is 27.4 Å². The molecular formula is C16H16N2O4. The standard InChI is InChI=1S/C16H16N2O4/c1-10-7-12(19)8-14(20)13(10)9-17-18-16(22)15(21)11-5-3-2-4-6-11/h2-9,15,19-21H,1H3,(H,18,22)/b17-9+. The lowest BCUT2D eigenvalue weighted by Gasteiger charge is -2.09. The second-order valence-corrected chi connectivity index (χ2v) is 4.74. The molecule has 0 saturated carbocycles. The molecular weight excluding hydrogens is 284 g/mol. The third kappa shape index (κ3) is 3.62. The van der Waals surface area contributed by atoms with E-state index in [1.54, 1.807) is 37.3 Å². The first-order valence-corrected chi connectivity index (χ1v) is 6.57. The number of nitrogens with one attached hydrogen (secondary N) is 1. The third-order valence-electron chi connectivity index (χ3n) is 3.08. The summed E-state index contributed by atoms with van der Waals surface area (Å²) in [6.45, 7) is 1.68. The number of aliphatic hydroxyl groups excluding tert-OH is 1. The predicted molar refractivity (Wildman–Crippen MR) is 81.6 cm³/mol. The van der Waals surface area contributed by atoms with Gasteiger partial charge in [-0.05, 0) is 24.1 Å². The smallest absolute Gasteiger partial charge is 0.273 e. The summed E-state index contributed by atoms with van der Waals surface area (Å²) in [4.78, 5) is 11.8. The SMILES string of the molecule is Cc1cc(O)cc(O)c1/C=N/NC(=O)C(O)c1ccccc1. The molecule has 6 nitrogen and oxygen atoms in total. The lowest BCUT2D eigenvalue weighted by atomic mass is 10.1. The normalized spacial score (nSPS) is 12.3. The summed E-state index contributed by atoms with van der Waals surface area (Å²) in [6.07, 6.45) is -0.0763. The van der Waals surface area contributed by atoms with Crippen LogP contribution in [0, 0.1) is 6.92 Å². The van der Waals surface area contributed by atoms with E-state index in [4.69, 9.17) is 0 Å². The van der Waals surface area contributed by atoms with E-state index in [1.807, 2.05) is 0 Å². The largest absolute Gasteiger partial charge is 0.508 e.